The van der Waals surface area contributed by atoms with Gasteiger partial charge in [-0.05, 0) is 61.0 Å². The molecule has 0 atom stereocenters. The zero-order chi connectivity index (χ0) is 18.6. The number of carbonyl (C=O) groups excluding carboxylic acids is 1. The third-order valence-electron chi connectivity index (χ3n) is 3.49. The standard InChI is InChI=1S/C17H16N2O4S2/c1-11-8-13(24-10-18)9-12(2)16(11)19-25(21,22)15-7-5-4-6-14(15)17(20)23-3/h4-9,19H,1-3H3. The Kier molecular flexibility index (Phi) is 5.72. The van der Waals surface area contributed by atoms with E-state index in [1.807, 2.05) is 5.40 Å². The molecule has 6 nitrogen and oxygen atoms in total. The van der Waals surface area contributed by atoms with E-state index in [1.54, 1.807) is 32.0 Å². The lowest BCUT2D eigenvalue weighted by molar-refractivity contribution is 0.0596. The lowest BCUT2D eigenvalue weighted by Crippen LogP contribution is -2.18. The van der Waals surface area contributed by atoms with Crippen LogP contribution in [-0.2, 0) is 14.8 Å². The number of ether oxygens (including phenoxy) is 1. The highest BCUT2D eigenvalue weighted by Crippen LogP contribution is 2.30. The summed E-state index contributed by atoms with van der Waals surface area (Å²) < 4.78 is 32.7. The molecule has 0 saturated heterocycles. The molecule has 8 heteroatoms. The molecule has 0 bridgehead atoms. The normalized spacial score (nSPS) is 10.8. The Labute approximate surface area is 150 Å². The molecule has 2 rings (SSSR count). The molecule has 0 aliphatic rings. The molecule has 2 aromatic carbocycles. The summed E-state index contributed by atoms with van der Waals surface area (Å²) in [7, 11) is -2.80. The number of aryl methyl sites for hydroxylation is 2. The quantitative estimate of drug-likeness (QED) is 0.488. The van der Waals surface area contributed by atoms with Gasteiger partial charge in [0.25, 0.3) is 10.0 Å². The van der Waals surface area contributed by atoms with Crippen LogP contribution >= 0.6 is 11.8 Å². The maximum absolute atomic E-state index is 12.8. The van der Waals surface area contributed by atoms with E-state index in [2.05, 4.69) is 9.46 Å². The van der Waals surface area contributed by atoms with Gasteiger partial charge in [-0.2, -0.15) is 5.26 Å². The lowest BCUT2D eigenvalue weighted by atomic mass is 10.1. The van der Waals surface area contributed by atoms with Crippen LogP contribution in [0, 0.1) is 24.5 Å². The Morgan fingerprint density at radius 2 is 1.80 bits per heavy atom. The number of thiocyanates is 1. The number of benzene rings is 2. The number of thioether (sulfide) groups is 1. The molecular weight excluding hydrogens is 360 g/mol. The number of esters is 1. The summed E-state index contributed by atoms with van der Waals surface area (Å²) in [5.41, 5.74) is 1.74. The third kappa shape index (κ3) is 4.13. The molecule has 0 radical (unpaired) electrons. The topological polar surface area (TPSA) is 96.3 Å². The van der Waals surface area contributed by atoms with Gasteiger partial charge in [-0.15, -0.1) is 0 Å². The molecule has 0 aromatic heterocycles. The third-order valence-corrected chi connectivity index (χ3v) is 5.46. The summed E-state index contributed by atoms with van der Waals surface area (Å²) in [5.74, 6) is -0.727. The van der Waals surface area contributed by atoms with Gasteiger partial charge in [0.05, 0.1) is 18.4 Å². The average molecular weight is 376 g/mol. The van der Waals surface area contributed by atoms with Crippen molar-refractivity contribution in [2.24, 2.45) is 0 Å². The van der Waals surface area contributed by atoms with Gasteiger partial charge in [0.2, 0.25) is 0 Å². The van der Waals surface area contributed by atoms with Crippen molar-refractivity contribution in [1.82, 2.24) is 0 Å². The number of nitrogens with one attached hydrogen (secondary N) is 1. The van der Waals surface area contributed by atoms with Crippen molar-refractivity contribution in [3.05, 3.63) is 53.1 Å². The highest BCUT2D eigenvalue weighted by molar-refractivity contribution is 8.03. The van der Waals surface area contributed by atoms with E-state index in [9.17, 15) is 13.2 Å². The van der Waals surface area contributed by atoms with E-state index in [1.165, 1.54) is 25.3 Å². The van der Waals surface area contributed by atoms with Crippen molar-refractivity contribution in [3.8, 4) is 5.40 Å². The number of hydrogen-bond acceptors (Lipinski definition) is 6. The lowest BCUT2D eigenvalue weighted by Gasteiger charge is -2.15. The molecule has 25 heavy (non-hydrogen) atoms. The fraction of sp³-hybridized carbons (Fsp3) is 0.176. The van der Waals surface area contributed by atoms with Crippen LogP contribution in [0.3, 0.4) is 0 Å². The summed E-state index contributed by atoms with van der Waals surface area (Å²) in [5, 5.41) is 10.8. The minimum absolute atomic E-state index is 0.0375. The maximum atomic E-state index is 12.8. The van der Waals surface area contributed by atoms with Crippen LogP contribution in [0.1, 0.15) is 21.5 Å². The van der Waals surface area contributed by atoms with Crippen LogP contribution in [0.4, 0.5) is 5.69 Å². The fourth-order valence-electron chi connectivity index (χ4n) is 2.37. The summed E-state index contributed by atoms with van der Waals surface area (Å²) in [4.78, 5) is 12.4. The van der Waals surface area contributed by atoms with Crippen molar-refractivity contribution < 1.29 is 17.9 Å². The molecule has 2 aromatic rings. The monoisotopic (exact) mass is 376 g/mol. The van der Waals surface area contributed by atoms with Crippen LogP contribution in [-0.4, -0.2) is 21.5 Å². The number of sulfonamides is 1. The summed E-state index contributed by atoms with van der Waals surface area (Å²) in [6.45, 7) is 3.50. The molecule has 0 aliphatic heterocycles. The molecule has 0 fully saturated rings. The van der Waals surface area contributed by atoms with Crippen molar-refractivity contribution in [2.75, 3.05) is 11.8 Å². The van der Waals surface area contributed by atoms with Crippen LogP contribution in [0.5, 0.6) is 0 Å². The summed E-state index contributed by atoms with van der Waals surface area (Å²) in [6, 6.07) is 9.30. The summed E-state index contributed by atoms with van der Waals surface area (Å²) >= 11 is 1.00. The second-order valence-corrected chi connectivity index (χ2v) is 7.73. The van der Waals surface area contributed by atoms with E-state index in [4.69, 9.17) is 5.26 Å². The molecule has 0 heterocycles. The van der Waals surface area contributed by atoms with Crippen LogP contribution in [0.15, 0.2) is 46.2 Å². The SMILES string of the molecule is COC(=O)c1ccccc1S(=O)(=O)Nc1c(C)cc(SC#N)cc1C. The first kappa shape index (κ1) is 18.8. The Balaban J connectivity index is 2.48. The Morgan fingerprint density at radius 1 is 1.20 bits per heavy atom. The van der Waals surface area contributed by atoms with Crippen molar-refractivity contribution in [2.45, 2.75) is 23.6 Å². The second kappa shape index (κ2) is 7.59. The number of nitriles is 1. The van der Waals surface area contributed by atoms with Gasteiger partial charge in [-0.1, -0.05) is 12.1 Å². The number of carbonyl (C=O) groups is 1. The minimum Gasteiger partial charge on any atom is -0.465 e. The van der Waals surface area contributed by atoms with E-state index in [-0.39, 0.29) is 10.5 Å². The number of rotatable bonds is 5. The number of hydrogen-bond donors (Lipinski definition) is 1. The van der Waals surface area contributed by atoms with E-state index in [0.29, 0.717) is 16.8 Å². The van der Waals surface area contributed by atoms with Gasteiger partial charge in [0.15, 0.2) is 0 Å². The Hall–Kier alpha value is -2.50. The molecular formula is C17H16N2O4S2. The van der Waals surface area contributed by atoms with Gasteiger partial charge >= 0.3 is 5.97 Å². The zero-order valence-corrected chi connectivity index (χ0v) is 15.5. The number of nitrogens with zero attached hydrogens (tertiary/aromatic N) is 1. The fourth-order valence-corrected chi connectivity index (χ4v) is 4.34. The first-order chi connectivity index (χ1) is 11.8. The van der Waals surface area contributed by atoms with E-state index >= 15 is 0 Å². The largest absolute Gasteiger partial charge is 0.465 e. The average Bonchev–Trinajstić information content (AvgIpc) is 2.58. The van der Waals surface area contributed by atoms with Gasteiger partial charge < -0.3 is 4.74 Å². The van der Waals surface area contributed by atoms with Gasteiger partial charge in [0, 0.05) is 4.90 Å². The molecule has 0 spiro atoms. The highest BCUT2D eigenvalue weighted by atomic mass is 32.2. The Morgan fingerprint density at radius 3 is 2.36 bits per heavy atom. The van der Waals surface area contributed by atoms with Crippen molar-refractivity contribution >= 4 is 33.4 Å². The van der Waals surface area contributed by atoms with Gasteiger partial charge in [-0.25, -0.2) is 13.2 Å². The molecule has 0 aliphatic carbocycles. The van der Waals surface area contributed by atoms with Gasteiger partial charge in [0.1, 0.15) is 10.3 Å². The summed E-state index contributed by atoms with van der Waals surface area (Å²) in [6.07, 6.45) is 0. The van der Waals surface area contributed by atoms with Crippen molar-refractivity contribution in [1.29, 1.82) is 5.26 Å². The number of anilines is 1. The number of methoxy groups -OCH3 is 1. The van der Waals surface area contributed by atoms with E-state index in [0.717, 1.165) is 16.7 Å². The minimum atomic E-state index is -3.99. The van der Waals surface area contributed by atoms with Crippen LogP contribution in [0.25, 0.3) is 0 Å². The van der Waals surface area contributed by atoms with E-state index < -0.39 is 16.0 Å². The maximum Gasteiger partial charge on any atom is 0.339 e. The molecule has 0 saturated carbocycles. The molecule has 130 valence electrons. The second-order valence-electron chi connectivity index (χ2n) is 5.22. The predicted molar refractivity (Wildman–Crippen MR) is 96.0 cm³/mol. The molecule has 0 amide bonds. The first-order valence-electron chi connectivity index (χ1n) is 7.17. The smallest absolute Gasteiger partial charge is 0.339 e. The Bertz CT molecular complexity index is 940. The van der Waals surface area contributed by atoms with Crippen molar-refractivity contribution in [3.63, 3.8) is 0 Å². The predicted octanol–water partition coefficient (Wildman–Crippen LogP) is 3.46. The first-order valence-corrected chi connectivity index (χ1v) is 9.47. The van der Waals surface area contributed by atoms with Crippen LogP contribution < -0.4 is 4.72 Å². The molecule has 0 unspecified atom stereocenters. The van der Waals surface area contributed by atoms with Gasteiger partial charge in [-0.3, -0.25) is 4.72 Å². The zero-order valence-electron chi connectivity index (χ0n) is 13.9. The van der Waals surface area contributed by atoms with Crippen LogP contribution in [0.2, 0.25) is 0 Å². The molecule has 1 N–H and O–H groups in total. The highest BCUT2D eigenvalue weighted by Gasteiger charge is 2.24.